The van der Waals surface area contributed by atoms with Crippen molar-refractivity contribution in [2.24, 2.45) is 16.7 Å². The molecule has 0 aromatic rings. The van der Waals surface area contributed by atoms with Gasteiger partial charge in [0.15, 0.2) is 0 Å². The minimum absolute atomic E-state index is 0.400. The van der Waals surface area contributed by atoms with Gasteiger partial charge < -0.3 is 10.4 Å². The first-order valence-electron chi connectivity index (χ1n) is 6.73. The Bertz CT molecular complexity index is 250. The van der Waals surface area contributed by atoms with Gasteiger partial charge >= 0.3 is 0 Å². The SMILES string of the molecule is CC1(C)C(CNCC2(O)CCCC2)C1(C)C. The fourth-order valence-electron chi connectivity index (χ4n) is 3.50. The van der Waals surface area contributed by atoms with Gasteiger partial charge in [-0.1, -0.05) is 40.5 Å². The summed E-state index contributed by atoms with van der Waals surface area (Å²) in [6.07, 6.45) is 4.35. The van der Waals surface area contributed by atoms with Crippen molar-refractivity contribution in [1.29, 1.82) is 0 Å². The van der Waals surface area contributed by atoms with Gasteiger partial charge in [0.1, 0.15) is 0 Å². The number of rotatable bonds is 4. The summed E-state index contributed by atoms with van der Waals surface area (Å²) in [6.45, 7) is 11.2. The largest absolute Gasteiger partial charge is 0.389 e. The van der Waals surface area contributed by atoms with Crippen LogP contribution >= 0.6 is 0 Å². The zero-order valence-corrected chi connectivity index (χ0v) is 11.3. The summed E-state index contributed by atoms with van der Waals surface area (Å²) in [4.78, 5) is 0. The van der Waals surface area contributed by atoms with Crippen molar-refractivity contribution in [3.05, 3.63) is 0 Å². The fourth-order valence-corrected chi connectivity index (χ4v) is 3.50. The minimum atomic E-state index is -0.400. The number of hydrogen-bond acceptors (Lipinski definition) is 2. The van der Waals surface area contributed by atoms with E-state index >= 15 is 0 Å². The maximum Gasteiger partial charge on any atom is 0.0771 e. The van der Waals surface area contributed by atoms with E-state index in [9.17, 15) is 5.11 Å². The van der Waals surface area contributed by atoms with Crippen LogP contribution in [0.2, 0.25) is 0 Å². The number of hydrogen-bond donors (Lipinski definition) is 2. The monoisotopic (exact) mass is 225 g/mol. The summed E-state index contributed by atoms with van der Waals surface area (Å²) in [5, 5.41) is 13.7. The number of nitrogens with one attached hydrogen (secondary N) is 1. The van der Waals surface area contributed by atoms with Crippen LogP contribution in [0.4, 0.5) is 0 Å². The average Bonchev–Trinajstić information content (AvgIpc) is 2.56. The van der Waals surface area contributed by atoms with Crippen LogP contribution in [0.1, 0.15) is 53.4 Å². The van der Waals surface area contributed by atoms with E-state index in [1.165, 1.54) is 12.8 Å². The van der Waals surface area contributed by atoms with Gasteiger partial charge in [-0.15, -0.1) is 0 Å². The van der Waals surface area contributed by atoms with Gasteiger partial charge in [-0.2, -0.15) is 0 Å². The lowest BCUT2D eigenvalue weighted by Gasteiger charge is -2.22. The average molecular weight is 225 g/mol. The molecular weight excluding hydrogens is 198 g/mol. The van der Waals surface area contributed by atoms with Crippen LogP contribution in [-0.4, -0.2) is 23.8 Å². The molecule has 2 nitrogen and oxygen atoms in total. The van der Waals surface area contributed by atoms with Crippen molar-refractivity contribution in [2.75, 3.05) is 13.1 Å². The molecule has 0 heterocycles. The topological polar surface area (TPSA) is 32.3 Å². The summed E-state index contributed by atoms with van der Waals surface area (Å²) in [5.74, 6) is 0.755. The second kappa shape index (κ2) is 3.71. The third kappa shape index (κ3) is 1.91. The van der Waals surface area contributed by atoms with Gasteiger partial charge in [0, 0.05) is 6.54 Å². The number of aliphatic hydroxyl groups is 1. The fraction of sp³-hybridized carbons (Fsp3) is 1.00. The molecule has 2 saturated carbocycles. The van der Waals surface area contributed by atoms with Gasteiger partial charge in [0.25, 0.3) is 0 Å². The quantitative estimate of drug-likeness (QED) is 0.770. The van der Waals surface area contributed by atoms with Gasteiger partial charge in [0.05, 0.1) is 5.60 Å². The molecule has 0 saturated heterocycles. The first kappa shape index (κ1) is 12.4. The summed E-state index contributed by atoms with van der Waals surface area (Å²) in [6, 6.07) is 0. The van der Waals surface area contributed by atoms with Crippen LogP contribution in [0.25, 0.3) is 0 Å². The Morgan fingerprint density at radius 1 is 1.06 bits per heavy atom. The molecule has 0 aromatic carbocycles. The highest BCUT2D eigenvalue weighted by Crippen LogP contribution is 2.67. The summed E-state index contributed by atoms with van der Waals surface area (Å²) in [5.41, 5.74) is 0.514. The molecule has 2 aliphatic carbocycles. The van der Waals surface area contributed by atoms with E-state index in [-0.39, 0.29) is 0 Å². The first-order chi connectivity index (χ1) is 7.30. The molecule has 0 unspecified atom stereocenters. The van der Waals surface area contributed by atoms with Gasteiger partial charge in [-0.05, 0) is 36.1 Å². The van der Waals surface area contributed by atoms with Crippen molar-refractivity contribution >= 4 is 0 Å². The molecule has 2 aliphatic rings. The van der Waals surface area contributed by atoms with Crippen LogP contribution in [0.15, 0.2) is 0 Å². The van der Waals surface area contributed by atoms with Crippen LogP contribution in [0, 0.1) is 16.7 Å². The van der Waals surface area contributed by atoms with Crippen molar-refractivity contribution in [1.82, 2.24) is 5.32 Å². The van der Waals surface area contributed by atoms with Gasteiger partial charge in [-0.3, -0.25) is 0 Å². The lowest BCUT2D eigenvalue weighted by molar-refractivity contribution is 0.0473. The van der Waals surface area contributed by atoms with E-state index in [0.717, 1.165) is 31.8 Å². The van der Waals surface area contributed by atoms with Crippen molar-refractivity contribution in [3.63, 3.8) is 0 Å². The Hall–Kier alpha value is -0.0800. The maximum absolute atomic E-state index is 10.2. The maximum atomic E-state index is 10.2. The van der Waals surface area contributed by atoms with Crippen molar-refractivity contribution < 1.29 is 5.11 Å². The predicted molar refractivity (Wildman–Crippen MR) is 67.3 cm³/mol. The van der Waals surface area contributed by atoms with E-state index in [4.69, 9.17) is 0 Å². The molecule has 2 N–H and O–H groups in total. The molecule has 2 fully saturated rings. The molecule has 2 heteroatoms. The second-order valence-corrected chi connectivity index (χ2v) is 7.06. The molecule has 0 aromatic heterocycles. The molecular formula is C14H27NO. The van der Waals surface area contributed by atoms with E-state index in [1.54, 1.807) is 0 Å². The van der Waals surface area contributed by atoms with E-state index < -0.39 is 5.60 Å². The molecule has 2 rings (SSSR count). The van der Waals surface area contributed by atoms with E-state index in [1.807, 2.05) is 0 Å². The Kier molecular flexibility index (Phi) is 2.87. The van der Waals surface area contributed by atoms with E-state index in [2.05, 4.69) is 33.0 Å². The van der Waals surface area contributed by atoms with Crippen LogP contribution < -0.4 is 5.32 Å². The Labute approximate surface area is 99.8 Å². The molecule has 0 spiro atoms. The molecule has 0 radical (unpaired) electrons. The first-order valence-corrected chi connectivity index (χ1v) is 6.73. The van der Waals surface area contributed by atoms with Crippen LogP contribution in [-0.2, 0) is 0 Å². The third-order valence-electron chi connectivity index (χ3n) is 5.66. The standard InChI is InChI=1S/C14H27NO/c1-12(2)11(13(12,3)4)9-15-10-14(16)7-5-6-8-14/h11,15-16H,5-10H2,1-4H3. The summed E-state index contributed by atoms with van der Waals surface area (Å²) in [7, 11) is 0. The van der Waals surface area contributed by atoms with Crippen molar-refractivity contribution in [3.8, 4) is 0 Å². The third-order valence-corrected chi connectivity index (χ3v) is 5.66. The molecule has 0 bridgehead atoms. The van der Waals surface area contributed by atoms with Gasteiger partial charge in [-0.25, -0.2) is 0 Å². The highest BCUT2D eigenvalue weighted by molar-refractivity contribution is 5.12. The van der Waals surface area contributed by atoms with Crippen LogP contribution in [0.5, 0.6) is 0 Å². The normalized spacial score (nSPS) is 30.6. The molecule has 0 aliphatic heterocycles. The predicted octanol–water partition coefficient (Wildman–Crippen LogP) is 2.56. The highest BCUT2D eigenvalue weighted by Gasteiger charge is 2.63. The molecule has 0 atom stereocenters. The zero-order chi connectivity index (χ0) is 12.0. The second-order valence-electron chi connectivity index (χ2n) is 7.06. The Morgan fingerprint density at radius 3 is 2.00 bits per heavy atom. The van der Waals surface area contributed by atoms with Crippen molar-refractivity contribution in [2.45, 2.75) is 59.0 Å². The summed E-state index contributed by atoms with van der Waals surface area (Å²) >= 11 is 0. The smallest absolute Gasteiger partial charge is 0.0771 e. The van der Waals surface area contributed by atoms with Crippen LogP contribution in [0.3, 0.4) is 0 Å². The highest BCUT2D eigenvalue weighted by atomic mass is 16.3. The van der Waals surface area contributed by atoms with Gasteiger partial charge in [0.2, 0.25) is 0 Å². The summed E-state index contributed by atoms with van der Waals surface area (Å²) < 4.78 is 0. The lowest BCUT2D eigenvalue weighted by Crippen LogP contribution is -2.39. The molecule has 0 amide bonds. The molecule has 16 heavy (non-hydrogen) atoms. The molecule has 94 valence electrons. The Morgan fingerprint density at radius 2 is 1.56 bits per heavy atom. The lowest BCUT2D eigenvalue weighted by atomic mass is 10.0. The minimum Gasteiger partial charge on any atom is -0.389 e. The Balaban J connectivity index is 1.74. The van der Waals surface area contributed by atoms with E-state index in [0.29, 0.717) is 10.8 Å². The zero-order valence-electron chi connectivity index (χ0n) is 11.3.